The van der Waals surface area contributed by atoms with E-state index in [0.29, 0.717) is 19.6 Å². The third-order valence-electron chi connectivity index (χ3n) is 5.07. The summed E-state index contributed by atoms with van der Waals surface area (Å²) in [6.45, 7) is 9.33. The third-order valence-corrected chi connectivity index (χ3v) is 7.03. The van der Waals surface area contributed by atoms with Gasteiger partial charge in [-0.3, -0.25) is 9.89 Å². The highest BCUT2D eigenvalue weighted by Gasteiger charge is 2.27. The van der Waals surface area contributed by atoms with E-state index in [1.807, 2.05) is 6.07 Å². The number of benzene rings is 1. The van der Waals surface area contributed by atoms with Gasteiger partial charge in [0.15, 0.2) is 5.96 Å². The number of rotatable bonds is 6. The highest BCUT2D eigenvalue weighted by molar-refractivity contribution is 14.0. The second-order valence-corrected chi connectivity index (χ2v) is 9.14. The lowest BCUT2D eigenvalue weighted by Crippen LogP contribution is -2.52. The number of nitrogens with one attached hydrogen (secondary N) is 1. The minimum atomic E-state index is -3.04. The van der Waals surface area contributed by atoms with E-state index in [2.05, 4.69) is 51.3 Å². The van der Waals surface area contributed by atoms with Crippen LogP contribution in [0.4, 0.5) is 0 Å². The van der Waals surface area contributed by atoms with Crippen molar-refractivity contribution in [3.8, 4) is 0 Å². The number of nitrogens with zero attached hydrogens (tertiary/aromatic N) is 4. The van der Waals surface area contributed by atoms with Gasteiger partial charge < -0.3 is 10.2 Å². The van der Waals surface area contributed by atoms with E-state index in [-0.39, 0.29) is 29.7 Å². The fourth-order valence-corrected chi connectivity index (χ4v) is 5.11. The summed E-state index contributed by atoms with van der Waals surface area (Å²) in [4.78, 5) is 9.43. The number of halogens is 1. The van der Waals surface area contributed by atoms with E-state index in [4.69, 9.17) is 0 Å². The minimum Gasteiger partial charge on any atom is -0.357 e. The molecule has 2 aliphatic heterocycles. The molecule has 1 aromatic carbocycles. The van der Waals surface area contributed by atoms with Crippen molar-refractivity contribution in [2.24, 2.45) is 4.99 Å². The van der Waals surface area contributed by atoms with Crippen LogP contribution in [0.15, 0.2) is 35.3 Å². The zero-order valence-corrected chi connectivity index (χ0v) is 19.7. The smallest absolute Gasteiger partial charge is 0.214 e. The van der Waals surface area contributed by atoms with Crippen molar-refractivity contribution in [2.75, 3.05) is 58.1 Å². The number of hydrogen-bond acceptors (Lipinski definition) is 4. The summed E-state index contributed by atoms with van der Waals surface area (Å²) >= 11 is 0. The summed E-state index contributed by atoms with van der Waals surface area (Å²) in [6, 6.07) is 10.6. The molecule has 2 heterocycles. The van der Waals surface area contributed by atoms with Crippen LogP contribution in [0.5, 0.6) is 0 Å². The Morgan fingerprint density at radius 1 is 1.11 bits per heavy atom. The number of aliphatic imine (C=N–C) groups is 1. The summed E-state index contributed by atoms with van der Waals surface area (Å²) in [5, 5.41) is 3.35. The number of guanidine groups is 1. The van der Waals surface area contributed by atoms with Crippen LogP contribution in [-0.2, 0) is 16.6 Å². The van der Waals surface area contributed by atoms with Gasteiger partial charge in [0.2, 0.25) is 10.0 Å². The van der Waals surface area contributed by atoms with Crippen LogP contribution in [0, 0.1) is 0 Å². The van der Waals surface area contributed by atoms with Crippen LogP contribution in [0.3, 0.4) is 0 Å². The maximum Gasteiger partial charge on any atom is 0.214 e. The SMILES string of the molecule is CCNC(=NCCN1CCCS1(=O)=O)N1CCN(Cc2ccccc2)CC1.I. The second-order valence-electron chi connectivity index (χ2n) is 7.05. The minimum absolute atomic E-state index is 0. The molecule has 1 N–H and O–H groups in total. The Labute approximate surface area is 186 Å². The van der Waals surface area contributed by atoms with Crippen LogP contribution >= 0.6 is 24.0 Å². The molecule has 7 nitrogen and oxygen atoms in total. The molecule has 2 aliphatic rings. The topological polar surface area (TPSA) is 68.2 Å². The molecule has 28 heavy (non-hydrogen) atoms. The zero-order valence-electron chi connectivity index (χ0n) is 16.6. The van der Waals surface area contributed by atoms with Crippen molar-refractivity contribution >= 4 is 40.0 Å². The quantitative estimate of drug-likeness (QED) is 0.349. The third kappa shape index (κ3) is 6.57. The van der Waals surface area contributed by atoms with Gasteiger partial charge in [0, 0.05) is 52.4 Å². The summed E-state index contributed by atoms with van der Waals surface area (Å²) < 4.78 is 25.4. The molecule has 0 aliphatic carbocycles. The highest BCUT2D eigenvalue weighted by Crippen LogP contribution is 2.12. The molecule has 0 amide bonds. The number of hydrogen-bond donors (Lipinski definition) is 1. The lowest BCUT2D eigenvalue weighted by Gasteiger charge is -2.36. The molecule has 2 saturated heterocycles. The fourth-order valence-electron chi connectivity index (χ4n) is 3.60. The molecule has 2 fully saturated rings. The van der Waals surface area contributed by atoms with Gasteiger partial charge in [-0.25, -0.2) is 12.7 Å². The maximum absolute atomic E-state index is 11.9. The van der Waals surface area contributed by atoms with Gasteiger partial charge in [-0.15, -0.1) is 24.0 Å². The zero-order chi connectivity index (χ0) is 19.1. The van der Waals surface area contributed by atoms with E-state index >= 15 is 0 Å². The molecule has 0 unspecified atom stereocenters. The molecular weight excluding hydrogens is 489 g/mol. The Balaban J connectivity index is 0.00000280. The summed E-state index contributed by atoms with van der Waals surface area (Å²) in [7, 11) is -3.04. The summed E-state index contributed by atoms with van der Waals surface area (Å²) in [5.74, 6) is 1.17. The van der Waals surface area contributed by atoms with Gasteiger partial charge in [-0.05, 0) is 18.9 Å². The predicted octanol–water partition coefficient (Wildman–Crippen LogP) is 1.42. The molecule has 0 radical (unpaired) electrons. The Morgan fingerprint density at radius 2 is 1.82 bits per heavy atom. The van der Waals surface area contributed by atoms with Gasteiger partial charge in [0.05, 0.1) is 12.3 Å². The molecule has 158 valence electrons. The van der Waals surface area contributed by atoms with Gasteiger partial charge in [0.1, 0.15) is 0 Å². The van der Waals surface area contributed by atoms with Crippen molar-refractivity contribution in [3.63, 3.8) is 0 Å². The Morgan fingerprint density at radius 3 is 2.43 bits per heavy atom. The fraction of sp³-hybridized carbons (Fsp3) is 0.632. The molecule has 0 atom stereocenters. The molecule has 9 heteroatoms. The van der Waals surface area contributed by atoms with E-state index in [9.17, 15) is 8.42 Å². The van der Waals surface area contributed by atoms with Crippen molar-refractivity contribution in [3.05, 3.63) is 35.9 Å². The largest absolute Gasteiger partial charge is 0.357 e. The molecule has 1 aromatic rings. The van der Waals surface area contributed by atoms with Crippen LogP contribution in [0.25, 0.3) is 0 Å². The van der Waals surface area contributed by atoms with E-state index in [0.717, 1.165) is 51.6 Å². The normalized spacial score (nSPS) is 20.8. The summed E-state index contributed by atoms with van der Waals surface area (Å²) in [5.41, 5.74) is 1.35. The van der Waals surface area contributed by atoms with Gasteiger partial charge in [-0.2, -0.15) is 0 Å². The van der Waals surface area contributed by atoms with Crippen molar-refractivity contribution in [2.45, 2.75) is 19.9 Å². The average molecular weight is 521 g/mol. The molecular formula is C19H32IN5O2S. The summed E-state index contributed by atoms with van der Waals surface area (Å²) in [6.07, 6.45) is 0.732. The van der Waals surface area contributed by atoms with Gasteiger partial charge in [0.25, 0.3) is 0 Å². The number of piperazine rings is 1. The highest BCUT2D eigenvalue weighted by atomic mass is 127. The van der Waals surface area contributed by atoms with Crippen molar-refractivity contribution in [1.82, 2.24) is 19.4 Å². The monoisotopic (exact) mass is 521 g/mol. The van der Waals surface area contributed by atoms with Crippen molar-refractivity contribution < 1.29 is 8.42 Å². The Kier molecular flexibility index (Phi) is 9.45. The van der Waals surface area contributed by atoms with Crippen LogP contribution in [-0.4, -0.2) is 86.6 Å². The molecule has 3 rings (SSSR count). The number of sulfonamides is 1. The first-order valence-corrected chi connectivity index (χ1v) is 11.5. The van der Waals surface area contributed by atoms with E-state index in [1.165, 1.54) is 5.56 Å². The van der Waals surface area contributed by atoms with E-state index in [1.54, 1.807) is 4.31 Å². The lowest BCUT2D eigenvalue weighted by atomic mass is 10.2. The molecule has 0 saturated carbocycles. The average Bonchev–Trinajstić information content (AvgIpc) is 3.01. The molecule has 0 aromatic heterocycles. The van der Waals surface area contributed by atoms with Crippen LogP contribution in [0.2, 0.25) is 0 Å². The first-order chi connectivity index (χ1) is 13.1. The van der Waals surface area contributed by atoms with E-state index < -0.39 is 10.0 Å². The van der Waals surface area contributed by atoms with Crippen LogP contribution in [0.1, 0.15) is 18.9 Å². The predicted molar refractivity (Wildman–Crippen MR) is 125 cm³/mol. The lowest BCUT2D eigenvalue weighted by molar-refractivity contribution is 0.172. The van der Waals surface area contributed by atoms with Gasteiger partial charge in [-0.1, -0.05) is 30.3 Å². The van der Waals surface area contributed by atoms with Gasteiger partial charge >= 0.3 is 0 Å². The second kappa shape index (κ2) is 11.3. The Bertz CT molecular complexity index is 721. The standard InChI is InChI=1S/C19H31N5O2S.HI/c1-2-20-19(21-9-11-24-10-6-16-27(24,25)26)23-14-12-22(13-15-23)17-18-7-4-3-5-8-18;/h3-5,7-8H,2,6,9-17H2,1H3,(H,20,21);1H. The maximum atomic E-state index is 11.9. The first kappa shape index (κ1) is 23.4. The first-order valence-electron chi connectivity index (χ1n) is 9.86. The Hall–Kier alpha value is -0.910. The van der Waals surface area contributed by atoms with Crippen molar-refractivity contribution in [1.29, 1.82) is 0 Å². The molecule has 0 bridgehead atoms. The molecule has 0 spiro atoms. The van der Waals surface area contributed by atoms with Crippen LogP contribution < -0.4 is 5.32 Å².